The average Bonchev–Trinajstić information content (AvgIpc) is 3.64. The fourth-order valence-electron chi connectivity index (χ4n) is 5.45. The number of nitriles is 1. The molecule has 6 heterocycles. The first-order chi connectivity index (χ1) is 18.6. The molecule has 190 valence electrons. The van der Waals surface area contributed by atoms with Crippen molar-refractivity contribution in [3.8, 4) is 28.6 Å². The Morgan fingerprint density at radius 1 is 0.947 bits per heavy atom. The van der Waals surface area contributed by atoms with Crippen molar-refractivity contribution < 1.29 is 0 Å². The van der Waals surface area contributed by atoms with E-state index in [1.165, 1.54) is 5.69 Å². The van der Waals surface area contributed by atoms with E-state index in [4.69, 9.17) is 9.97 Å². The van der Waals surface area contributed by atoms with Crippen molar-refractivity contribution in [2.24, 2.45) is 0 Å². The van der Waals surface area contributed by atoms with Crippen LogP contribution in [0.25, 0.3) is 28.0 Å². The van der Waals surface area contributed by atoms with Crippen LogP contribution in [0.5, 0.6) is 0 Å². The molecule has 9 heteroatoms. The molecule has 0 aromatic carbocycles. The summed E-state index contributed by atoms with van der Waals surface area (Å²) in [4.78, 5) is 16.8. The molecule has 0 unspecified atom stereocenters. The number of anilines is 1. The molecular formula is C29H29N9. The second kappa shape index (κ2) is 9.71. The Labute approximate surface area is 221 Å². The van der Waals surface area contributed by atoms with Gasteiger partial charge in [-0.15, -0.1) is 0 Å². The maximum Gasteiger partial charge on any atom is 0.128 e. The lowest BCUT2D eigenvalue weighted by Gasteiger charge is -2.41. The zero-order valence-corrected chi connectivity index (χ0v) is 21.6. The van der Waals surface area contributed by atoms with Gasteiger partial charge < -0.3 is 4.90 Å². The van der Waals surface area contributed by atoms with Crippen LogP contribution < -0.4 is 4.90 Å². The van der Waals surface area contributed by atoms with Crippen molar-refractivity contribution >= 4 is 11.3 Å². The Balaban J connectivity index is 1.30. The van der Waals surface area contributed by atoms with Gasteiger partial charge in [0.15, 0.2) is 0 Å². The first-order valence-corrected chi connectivity index (χ1v) is 13.1. The maximum atomic E-state index is 9.71. The highest BCUT2D eigenvalue weighted by atomic mass is 15.3. The average molecular weight is 504 g/mol. The molecule has 0 amide bonds. The summed E-state index contributed by atoms with van der Waals surface area (Å²) in [5.41, 5.74) is 5.63. The van der Waals surface area contributed by atoms with E-state index in [1.54, 1.807) is 16.9 Å². The minimum atomic E-state index is 0.120. The first-order valence-electron chi connectivity index (χ1n) is 13.1. The third-order valence-electron chi connectivity index (χ3n) is 7.82. The minimum absolute atomic E-state index is 0.120. The number of hydrogen-bond donors (Lipinski definition) is 0. The number of piperidine rings is 1. The molecule has 0 spiro atoms. The third kappa shape index (κ3) is 4.08. The molecule has 0 N–H and O–H groups in total. The van der Waals surface area contributed by atoms with Gasteiger partial charge in [-0.25, -0.2) is 14.5 Å². The number of nitrogens with zero attached hydrogens (tertiary/aromatic N) is 9. The van der Waals surface area contributed by atoms with Crippen molar-refractivity contribution in [2.75, 3.05) is 18.0 Å². The second-order valence-corrected chi connectivity index (χ2v) is 9.76. The summed E-state index contributed by atoms with van der Waals surface area (Å²) in [5.74, 6) is 0.949. The van der Waals surface area contributed by atoms with Gasteiger partial charge in [-0.3, -0.25) is 9.67 Å². The summed E-state index contributed by atoms with van der Waals surface area (Å²) in [6.45, 7) is 6.94. The summed E-state index contributed by atoms with van der Waals surface area (Å²) in [6.07, 6.45) is 14.1. The van der Waals surface area contributed by atoms with Gasteiger partial charge in [-0.2, -0.15) is 15.5 Å². The molecule has 1 saturated heterocycles. The normalized spacial score (nSPS) is 15.0. The summed E-state index contributed by atoms with van der Waals surface area (Å²) in [5, 5.41) is 18.5. The molecule has 38 heavy (non-hydrogen) atoms. The van der Waals surface area contributed by atoms with Gasteiger partial charge in [0.1, 0.15) is 23.0 Å². The molecule has 1 aliphatic heterocycles. The highest BCUT2D eigenvalue weighted by Gasteiger charge is 2.36. The van der Waals surface area contributed by atoms with Gasteiger partial charge in [0.2, 0.25) is 0 Å². The highest BCUT2D eigenvalue weighted by molar-refractivity contribution is 5.83. The molecule has 0 radical (unpaired) electrons. The van der Waals surface area contributed by atoms with Gasteiger partial charge in [0.25, 0.3) is 0 Å². The fourth-order valence-corrected chi connectivity index (χ4v) is 5.45. The first kappa shape index (κ1) is 23.8. The zero-order chi connectivity index (χ0) is 26.1. The van der Waals surface area contributed by atoms with E-state index in [1.807, 2.05) is 48.5 Å². The summed E-state index contributed by atoms with van der Waals surface area (Å²) in [7, 11) is 0. The zero-order valence-electron chi connectivity index (χ0n) is 21.6. The Hall–Kier alpha value is -4.58. The number of aryl methyl sites for hydroxylation is 1. The van der Waals surface area contributed by atoms with E-state index >= 15 is 0 Å². The largest absolute Gasteiger partial charge is 0.357 e. The molecule has 1 fully saturated rings. The molecule has 0 saturated carbocycles. The topological polar surface area (TPSA) is 101 Å². The van der Waals surface area contributed by atoms with E-state index in [-0.39, 0.29) is 5.41 Å². The molecule has 1 aliphatic rings. The molecular weight excluding hydrogens is 474 g/mol. The molecule has 0 aliphatic carbocycles. The summed E-state index contributed by atoms with van der Waals surface area (Å²) >= 11 is 0. The van der Waals surface area contributed by atoms with Crippen molar-refractivity contribution in [1.82, 2.24) is 34.3 Å². The Kier molecular flexibility index (Phi) is 6.08. The lowest BCUT2D eigenvalue weighted by molar-refractivity contribution is 0.311. The van der Waals surface area contributed by atoms with Crippen LogP contribution in [0.2, 0.25) is 0 Å². The van der Waals surface area contributed by atoms with Crippen LogP contribution in [0, 0.1) is 11.3 Å². The molecule has 5 aromatic rings. The van der Waals surface area contributed by atoms with Crippen LogP contribution in [0.3, 0.4) is 0 Å². The van der Waals surface area contributed by atoms with Gasteiger partial charge in [0, 0.05) is 60.5 Å². The molecule has 6 rings (SSSR count). The van der Waals surface area contributed by atoms with E-state index < -0.39 is 0 Å². The number of fused-ring (bicyclic) bond motifs is 1. The second-order valence-electron chi connectivity index (χ2n) is 9.76. The lowest BCUT2D eigenvalue weighted by atomic mass is 9.73. The molecule has 9 nitrogen and oxygen atoms in total. The molecule has 5 aromatic heterocycles. The Morgan fingerprint density at radius 2 is 1.82 bits per heavy atom. The minimum Gasteiger partial charge on any atom is -0.357 e. The Bertz CT molecular complexity index is 1600. The third-order valence-corrected chi connectivity index (χ3v) is 7.82. The van der Waals surface area contributed by atoms with E-state index in [0.717, 1.165) is 61.5 Å². The van der Waals surface area contributed by atoms with Gasteiger partial charge in [-0.05, 0) is 50.5 Å². The van der Waals surface area contributed by atoms with E-state index in [9.17, 15) is 5.26 Å². The number of aromatic nitrogens is 7. The SMILES string of the molecule is CCn1cc(-c2cn3ncc(C#N)c3c(-c3ccc(N4CCC(CC)(c5ccccn5)CC4)nc3)n2)cn1. The molecule has 0 bridgehead atoms. The number of pyridine rings is 2. The Morgan fingerprint density at radius 3 is 2.47 bits per heavy atom. The highest BCUT2D eigenvalue weighted by Crippen LogP contribution is 2.38. The van der Waals surface area contributed by atoms with Crippen LogP contribution in [-0.2, 0) is 12.0 Å². The predicted molar refractivity (Wildman–Crippen MR) is 145 cm³/mol. The van der Waals surface area contributed by atoms with Gasteiger partial charge in [0.05, 0.1) is 30.0 Å². The number of rotatable bonds is 6. The van der Waals surface area contributed by atoms with Crippen LogP contribution in [-0.4, -0.2) is 47.4 Å². The van der Waals surface area contributed by atoms with Gasteiger partial charge >= 0.3 is 0 Å². The standard InChI is InChI=1S/C29H29N9/c1-3-29(25-7-5-6-12-31-25)10-13-36(14-11-29)26-9-8-21(16-32-26)27-28-22(15-30)17-34-38(28)20-24(35-27)23-18-33-37(4-2)19-23/h5-9,12,16-20H,3-4,10-11,13-14H2,1-2H3. The van der Waals surface area contributed by atoms with Crippen LogP contribution in [0.4, 0.5) is 5.82 Å². The number of hydrogen-bond acceptors (Lipinski definition) is 7. The van der Waals surface area contributed by atoms with E-state index in [2.05, 4.69) is 51.3 Å². The predicted octanol–water partition coefficient (Wildman–Crippen LogP) is 4.89. The van der Waals surface area contributed by atoms with Crippen LogP contribution >= 0.6 is 0 Å². The van der Waals surface area contributed by atoms with Crippen LogP contribution in [0.1, 0.15) is 44.4 Å². The van der Waals surface area contributed by atoms with Crippen LogP contribution in [0.15, 0.2) is 67.5 Å². The molecule has 0 atom stereocenters. The quantitative estimate of drug-likeness (QED) is 0.325. The summed E-state index contributed by atoms with van der Waals surface area (Å²) in [6, 6.07) is 12.6. The maximum absolute atomic E-state index is 9.71. The van der Waals surface area contributed by atoms with Gasteiger partial charge in [-0.1, -0.05) is 13.0 Å². The smallest absolute Gasteiger partial charge is 0.128 e. The lowest BCUT2D eigenvalue weighted by Crippen LogP contribution is -2.43. The van der Waals surface area contributed by atoms with Crippen molar-refractivity contribution in [1.29, 1.82) is 5.26 Å². The monoisotopic (exact) mass is 503 g/mol. The van der Waals surface area contributed by atoms with Crippen molar-refractivity contribution in [3.05, 3.63) is 78.8 Å². The summed E-state index contributed by atoms with van der Waals surface area (Å²) < 4.78 is 3.58. The van der Waals surface area contributed by atoms with Crippen molar-refractivity contribution in [3.63, 3.8) is 0 Å². The van der Waals surface area contributed by atoms with E-state index in [0.29, 0.717) is 16.8 Å². The fraction of sp³-hybridized carbons (Fsp3) is 0.310. The van der Waals surface area contributed by atoms with Crippen molar-refractivity contribution in [2.45, 2.75) is 45.1 Å².